The van der Waals surface area contributed by atoms with Crippen molar-refractivity contribution < 1.29 is 39.2 Å². The Balaban J connectivity index is -0.0000000386. The van der Waals surface area contributed by atoms with E-state index in [4.69, 9.17) is 9.84 Å². The summed E-state index contributed by atoms with van der Waals surface area (Å²) in [6.45, 7) is 3.41. The van der Waals surface area contributed by atoms with Crippen LogP contribution in [0.4, 0.5) is 0 Å². The zero-order valence-corrected chi connectivity index (χ0v) is 47.5. The number of allylic oxidation sites excluding steroid dienone is 1. The average Bonchev–Trinajstić information content (AvgIpc) is 3.02. The number of esters is 1. The Morgan fingerprint density at radius 3 is 1.57 bits per heavy atom. The van der Waals surface area contributed by atoms with Crippen LogP contribution < -0.4 is 0 Å². The second kappa shape index (κ2) is 49.3. The number of ketones is 2. The van der Waals surface area contributed by atoms with Crippen molar-refractivity contribution in [3.8, 4) is 0 Å². The first kappa shape index (κ1) is 118. The third kappa shape index (κ3) is 24.4. The summed E-state index contributed by atoms with van der Waals surface area (Å²) in [7, 11) is 0. The molecular weight excluding hydrogens is 1100 g/mol. The van der Waals surface area contributed by atoms with Crippen LogP contribution >= 0.6 is 0 Å². The molecular formula is C25H55O8S21-21. The van der Waals surface area contributed by atoms with Crippen molar-refractivity contribution in [3.05, 3.63) is 11.6 Å². The summed E-state index contributed by atoms with van der Waals surface area (Å²) in [5, 5.41) is 31.6. The summed E-state index contributed by atoms with van der Waals surface area (Å²) in [6.07, 6.45) is 4.30. The van der Waals surface area contributed by atoms with E-state index in [0.717, 1.165) is 24.8 Å². The van der Waals surface area contributed by atoms with Gasteiger partial charge in [-0.05, 0) is 67.8 Å². The third-order valence-electron chi connectivity index (χ3n) is 9.42. The maximum atomic E-state index is 13.1. The van der Waals surface area contributed by atoms with Crippen LogP contribution in [-0.2, 0) is 307 Å². The predicted molar refractivity (Wildman–Crippen MR) is 300 cm³/mol. The van der Waals surface area contributed by atoms with Gasteiger partial charge in [-0.3, -0.25) is 19.2 Å². The Hall–Kier alpha value is 5.29. The molecule has 0 aliphatic heterocycles. The van der Waals surface area contributed by atoms with Gasteiger partial charge in [0.2, 0.25) is 5.78 Å². The predicted octanol–water partition coefficient (Wildman–Crippen LogP) is -3.47. The number of ether oxygens (including phenoxy) is 1. The average molecular weight is 1160 g/mol. The number of rotatable bonds is 6. The minimum Gasteiger partial charge on any atom is -0.813 e. The summed E-state index contributed by atoms with van der Waals surface area (Å²) >= 11 is 0. The number of thiol groups is 21. The molecule has 3 fully saturated rings. The molecule has 0 heterocycles. The molecule has 0 radical (unpaired) electrons. The summed E-state index contributed by atoms with van der Waals surface area (Å²) in [4.78, 5) is 47.5. The van der Waals surface area contributed by atoms with Gasteiger partial charge in [-0.2, -0.15) is 0 Å². The number of fused-ring (bicyclic) bond motifs is 5. The van der Waals surface area contributed by atoms with Crippen molar-refractivity contribution in [2.75, 3.05) is 6.61 Å². The van der Waals surface area contributed by atoms with Crippen molar-refractivity contribution in [1.29, 1.82) is 0 Å². The Kier molecular flexibility index (Phi) is 108. The van der Waals surface area contributed by atoms with Crippen molar-refractivity contribution in [2.24, 2.45) is 28.6 Å². The molecule has 4 aliphatic rings. The van der Waals surface area contributed by atoms with E-state index in [1.807, 2.05) is 6.92 Å². The number of aliphatic hydroxyl groups is 2. The topological polar surface area (TPSA) is 138 Å². The minimum absolute atomic E-state index is 0. The summed E-state index contributed by atoms with van der Waals surface area (Å²) in [5.74, 6) is -2.20. The number of hydrogen-bond donors (Lipinski definition) is 3. The summed E-state index contributed by atoms with van der Waals surface area (Å²) in [6, 6.07) is 0. The number of carboxylic acids is 1. The largest absolute Gasteiger partial charge is 0.813 e. The fourth-order valence-electron chi connectivity index (χ4n) is 7.70. The second-order valence-electron chi connectivity index (χ2n) is 11.0. The molecule has 3 N–H and O–H groups in total. The number of carbonyl (C=O) groups is 4. The smallest absolute Gasteiger partial charge is 0.306 e. The molecule has 0 amide bonds. The Labute approximate surface area is 470 Å². The number of aliphatic hydroxyl groups excluding tert-OH is 1. The lowest BCUT2D eigenvalue weighted by atomic mass is 9.45. The van der Waals surface area contributed by atoms with Crippen LogP contribution in [0.25, 0.3) is 0 Å². The lowest BCUT2D eigenvalue weighted by Crippen LogP contribution is -2.62. The van der Waals surface area contributed by atoms with Crippen LogP contribution in [0.3, 0.4) is 0 Å². The SMILES string of the molecule is C[C@]12CCC(=O)C=C1CCC1C2[C@@H](O)C[C@@]2(C)C1CC[C@]2(O)C(=O)COC(=O)CCC(=O)O.[SH-].[SH-].[SH-].[SH-].[SH-].[SH-].[SH-].[SH-].[SH-].[SH-].[SH-].[SH-].[SH-].[SH-].[SH-].[SH-].[SH-].[SH-].[SH-].[SH-].[SH-]. The number of carbonyl (C=O) groups excluding carboxylic acids is 3. The van der Waals surface area contributed by atoms with Gasteiger partial charge in [-0.1, -0.05) is 19.4 Å². The zero-order chi connectivity index (χ0) is 24.2. The molecule has 0 aromatic rings. The molecule has 54 heavy (non-hydrogen) atoms. The van der Waals surface area contributed by atoms with Gasteiger partial charge in [0.25, 0.3) is 0 Å². The van der Waals surface area contributed by atoms with Gasteiger partial charge in [0.1, 0.15) is 5.60 Å². The van der Waals surface area contributed by atoms with Crippen molar-refractivity contribution in [1.82, 2.24) is 0 Å². The van der Waals surface area contributed by atoms with E-state index in [1.54, 1.807) is 6.08 Å². The lowest BCUT2D eigenvalue weighted by molar-refractivity contribution is -0.184. The second-order valence-corrected chi connectivity index (χ2v) is 11.0. The molecule has 0 aromatic heterocycles. The number of aliphatic carboxylic acids is 1. The molecule has 0 saturated heterocycles. The first-order valence-electron chi connectivity index (χ1n) is 12.0. The molecule has 3 unspecified atom stereocenters. The van der Waals surface area contributed by atoms with Gasteiger partial charge >= 0.3 is 11.9 Å². The summed E-state index contributed by atoms with van der Waals surface area (Å²) < 4.78 is 4.97. The number of hydrogen-bond acceptors (Lipinski definition) is 28. The quantitative estimate of drug-likeness (QED) is 0.138. The van der Waals surface area contributed by atoms with E-state index in [9.17, 15) is 29.4 Å². The van der Waals surface area contributed by atoms with Crippen LogP contribution in [0.15, 0.2) is 11.6 Å². The van der Waals surface area contributed by atoms with Gasteiger partial charge in [-0.15, -0.1) is 0 Å². The third-order valence-corrected chi connectivity index (χ3v) is 9.42. The van der Waals surface area contributed by atoms with Crippen LogP contribution in [0.1, 0.15) is 71.6 Å². The Morgan fingerprint density at radius 2 is 1.15 bits per heavy atom. The molecule has 29 heteroatoms. The first-order valence-corrected chi connectivity index (χ1v) is 12.0. The van der Waals surface area contributed by atoms with Crippen molar-refractivity contribution in [2.45, 2.75) is 83.3 Å². The number of Topliss-reactive ketones (excluding diaryl/α,β-unsaturated/α-hetero) is 1. The van der Waals surface area contributed by atoms with Crippen LogP contribution in [0.5, 0.6) is 0 Å². The maximum absolute atomic E-state index is 13.1. The minimum atomic E-state index is -1.71. The maximum Gasteiger partial charge on any atom is 0.306 e. The van der Waals surface area contributed by atoms with E-state index in [0.29, 0.717) is 12.8 Å². The summed E-state index contributed by atoms with van der Waals surface area (Å²) in [5.41, 5.74) is -1.68. The van der Waals surface area contributed by atoms with E-state index in [1.165, 1.54) is 0 Å². The molecule has 4 rings (SSSR count). The molecule has 3 saturated carbocycles. The van der Waals surface area contributed by atoms with E-state index in [-0.39, 0.29) is 338 Å². The van der Waals surface area contributed by atoms with Gasteiger partial charge in [0.05, 0.1) is 18.9 Å². The molecule has 0 bridgehead atoms. The van der Waals surface area contributed by atoms with Gasteiger partial charge in [0.15, 0.2) is 12.4 Å². The molecule has 350 valence electrons. The van der Waals surface area contributed by atoms with Gasteiger partial charge in [0, 0.05) is 11.8 Å². The number of carboxylic acid groups (broad SMARTS) is 1. The van der Waals surface area contributed by atoms with Crippen LogP contribution in [0, 0.1) is 28.6 Å². The molecule has 7 atom stereocenters. The highest BCUT2D eigenvalue weighted by Crippen LogP contribution is 2.67. The van der Waals surface area contributed by atoms with Crippen molar-refractivity contribution >= 4 is 307 Å². The van der Waals surface area contributed by atoms with Gasteiger partial charge in [-0.25, -0.2) is 0 Å². The molecule has 8 nitrogen and oxygen atoms in total. The standard InChI is InChI=1S/C25H34O8.21H2S/c1-23-9-7-15(26)11-14(23)3-4-16-17-8-10-25(32,24(17,2)12-18(27)22(16)23)19(28)13-33-21(31)6-5-20(29)30;;;;;;;;;;;;;;;;;;;;;/h11,16-18,22,27,32H,3-10,12-13H2,1-2H3,(H,29,30);21*1H2/p-21/t16?,17?,18-,22?,23-,24-,25-;;;;;;;;;;;;;;;;;;;;;/m0...................../s1. The highest BCUT2D eigenvalue weighted by Gasteiger charge is 2.68. The Morgan fingerprint density at radius 1 is 0.704 bits per heavy atom. The van der Waals surface area contributed by atoms with Crippen LogP contribution in [-0.4, -0.2) is 57.1 Å². The molecule has 0 aromatic carbocycles. The highest BCUT2D eigenvalue weighted by atomic mass is 32.1. The van der Waals surface area contributed by atoms with E-state index in [2.05, 4.69) is 6.92 Å². The van der Waals surface area contributed by atoms with Gasteiger partial charge < -0.3 is 303 Å². The van der Waals surface area contributed by atoms with E-state index < -0.39 is 41.4 Å². The fourth-order valence-corrected chi connectivity index (χ4v) is 7.70. The molecule has 0 spiro atoms. The fraction of sp³-hybridized carbons (Fsp3) is 0.760. The lowest BCUT2D eigenvalue weighted by Gasteiger charge is -2.60. The van der Waals surface area contributed by atoms with E-state index >= 15 is 0 Å². The normalized spacial score (nSPS) is 25.6. The molecule has 4 aliphatic carbocycles. The first-order chi connectivity index (χ1) is 15.4. The highest BCUT2D eigenvalue weighted by molar-refractivity contribution is 7.39. The monoisotopic (exact) mass is 1150 g/mol. The Bertz CT molecular complexity index is 960. The van der Waals surface area contributed by atoms with Crippen LogP contribution in [0.2, 0.25) is 0 Å². The van der Waals surface area contributed by atoms with Crippen molar-refractivity contribution in [3.63, 3.8) is 0 Å². The zero-order valence-electron chi connectivity index (χ0n) is 28.7.